The molecule has 150 valence electrons. The summed E-state index contributed by atoms with van der Waals surface area (Å²) in [5.74, 6) is 3.57. The topological polar surface area (TPSA) is 27.7 Å². The predicted octanol–water partition coefficient (Wildman–Crippen LogP) is 7.09. The normalized spacial score (nSPS) is 12.5. The molecule has 1 aliphatic rings. The van der Waals surface area contributed by atoms with Crippen LogP contribution >= 0.6 is 0 Å². The molecule has 3 heteroatoms. The van der Waals surface area contributed by atoms with Crippen molar-refractivity contribution in [3.8, 4) is 17.2 Å². The Morgan fingerprint density at radius 3 is 2.36 bits per heavy atom. The van der Waals surface area contributed by atoms with Gasteiger partial charge in [0.1, 0.15) is 23.0 Å². The lowest BCUT2D eigenvalue weighted by Gasteiger charge is -2.14. The minimum Gasteiger partial charge on any atom is -0.494 e. The van der Waals surface area contributed by atoms with Crippen LogP contribution in [0.3, 0.4) is 0 Å². The molecule has 0 atom stereocenters. The van der Waals surface area contributed by atoms with Crippen LogP contribution in [0.2, 0.25) is 0 Å². The first-order valence-corrected chi connectivity index (χ1v) is 10.3. The van der Waals surface area contributed by atoms with Crippen LogP contribution in [0.25, 0.3) is 0 Å². The van der Waals surface area contributed by atoms with Gasteiger partial charge in [0.05, 0.1) is 13.2 Å². The van der Waals surface area contributed by atoms with Gasteiger partial charge in [0.2, 0.25) is 0 Å². The van der Waals surface area contributed by atoms with E-state index in [2.05, 4.69) is 25.1 Å². The van der Waals surface area contributed by atoms with Crippen LogP contribution in [0.15, 0.2) is 72.5 Å². The lowest BCUT2D eigenvalue weighted by molar-refractivity contribution is 0.190. The predicted molar refractivity (Wildman–Crippen MR) is 116 cm³/mol. The molecule has 28 heavy (non-hydrogen) atoms. The van der Waals surface area contributed by atoms with E-state index in [9.17, 15) is 0 Å². The Morgan fingerprint density at radius 1 is 0.857 bits per heavy atom. The van der Waals surface area contributed by atoms with Crippen molar-refractivity contribution < 1.29 is 14.2 Å². The van der Waals surface area contributed by atoms with E-state index in [1.807, 2.05) is 62.4 Å². The summed E-state index contributed by atoms with van der Waals surface area (Å²) < 4.78 is 17.6. The molecule has 0 heterocycles. The highest BCUT2D eigenvalue weighted by Gasteiger charge is 2.06. The van der Waals surface area contributed by atoms with Gasteiger partial charge in [0, 0.05) is 6.42 Å². The third kappa shape index (κ3) is 7.15. The summed E-state index contributed by atoms with van der Waals surface area (Å²) in [7, 11) is 0. The van der Waals surface area contributed by atoms with E-state index in [-0.39, 0.29) is 0 Å². The maximum Gasteiger partial charge on any atom is 0.127 e. The van der Waals surface area contributed by atoms with Crippen molar-refractivity contribution in [1.29, 1.82) is 0 Å². The first kappa shape index (κ1) is 21.6. The van der Waals surface area contributed by atoms with Gasteiger partial charge < -0.3 is 14.2 Å². The molecule has 0 aromatic heterocycles. The Kier molecular flexibility index (Phi) is 9.78. The van der Waals surface area contributed by atoms with Crippen molar-refractivity contribution in [2.45, 2.75) is 46.5 Å². The highest BCUT2D eigenvalue weighted by Crippen LogP contribution is 2.28. The molecule has 3 rings (SSSR count). The molecule has 3 nitrogen and oxygen atoms in total. The van der Waals surface area contributed by atoms with Crippen LogP contribution in [0.1, 0.15) is 45.6 Å². The van der Waals surface area contributed by atoms with Crippen LogP contribution in [0, 0.1) is 0 Å². The van der Waals surface area contributed by atoms with Crippen LogP contribution in [-0.2, 0) is 11.2 Å². The SMILES string of the molecule is CC.CCc1cc(Oc2ccccc2)ccc1OCCCOC1=CCCC=C1. The maximum atomic E-state index is 5.95. The fourth-order valence-electron chi connectivity index (χ4n) is 2.79. The molecule has 0 saturated carbocycles. The van der Waals surface area contributed by atoms with Crippen molar-refractivity contribution in [2.24, 2.45) is 0 Å². The molecule has 0 unspecified atom stereocenters. The molecule has 0 bridgehead atoms. The van der Waals surface area contributed by atoms with Crippen LogP contribution in [0.5, 0.6) is 17.2 Å². The van der Waals surface area contributed by atoms with Crippen molar-refractivity contribution in [2.75, 3.05) is 13.2 Å². The molecule has 0 saturated heterocycles. The number of benzene rings is 2. The number of rotatable bonds is 9. The van der Waals surface area contributed by atoms with E-state index < -0.39 is 0 Å². The van der Waals surface area contributed by atoms with Crippen LogP contribution in [0.4, 0.5) is 0 Å². The molecular weight excluding hydrogens is 348 g/mol. The van der Waals surface area contributed by atoms with Gasteiger partial charge in [-0.2, -0.15) is 0 Å². The van der Waals surface area contributed by atoms with Crippen molar-refractivity contribution in [1.82, 2.24) is 0 Å². The molecule has 2 aromatic rings. The largest absolute Gasteiger partial charge is 0.494 e. The maximum absolute atomic E-state index is 5.95. The second kappa shape index (κ2) is 12.7. The minimum atomic E-state index is 0.642. The molecule has 1 aliphatic carbocycles. The average molecular weight is 381 g/mol. The summed E-state index contributed by atoms with van der Waals surface area (Å²) in [5.41, 5.74) is 1.15. The number of para-hydroxylation sites is 1. The number of hydrogen-bond donors (Lipinski definition) is 0. The number of hydrogen-bond acceptors (Lipinski definition) is 3. The standard InChI is InChI=1S/C23H26O3.C2H6/c1-2-19-18-22(26-21-12-7-4-8-13-21)14-15-23(19)25-17-9-16-24-20-10-5-3-6-11-20;1-2/h4-5,7-8,10-15,18H,2-3,6,9,16-17H2,1H3;1-2H3. The van der Waals surface area contributed by atoms with Gasteiger partial charge in [0.15, 0.2) is 0 Å². The van der Waals surface area contributed by atoms with E-state index in [0.29, 0.717) is 13.2 Å². The van der Waals surface area contributed by atoms with E-state index in [1.165, 1.54) is 0 Å². The fraction of sp³-hybridized carbons (Fsp3) is 0.360. The highest BCUT2D eigenvalue weighted by molar-refractivity contribution is 5.42. The Bertz CT molecular complexity index is 748. The summed E-state index contributed by atoms with van der Waals surface area (Å²) >= 11 is 0. The first-order valence-electron chi connectivity index (χ1n) is 10.3. The highest BCUT2D eigenvalue weighted by atomic mass is 16.5. The van der Waals surface area contributed by atoms with Gasteiger partial charge in [-0.15, -0.1) is 0 Å². The van der Waals surface area contributed by atoms with E-state index in [0.717, 1.165) is 54.3 Å². The monoisotopic (exact) mass is 380 g/mol. The molecule has 0 radical (unpaired) electrons. The van der Waals surface area contributed by atoms with Crippen LogP contribution < -0.4 is 9.47 Å². The Hall–Kier alpha value is -2.68. The number of aryl methyl sites for hydroxylation is 1. The summed E-state index contributed by atoms with van der Waals surface area (Å²) in [4.78, 5) is 0. The number of allylic oxidation sites excluding steroid dienone is 3. The van der Waals surface area contributed by atoms with Gasteiger partial charge in [-0.3, -0.25) is 0 Å². The second-order valence-electron chi connectivity index (χ2n) is 6.17. The zero-order valence-electron chi connectivity index (χ0n) is 17.3. The summed E-state index contributed by atoms with van der Waals surface area (Å²) in [6, 6.07) is 15.8. The lowest BCUT2D eigenvalue weighted by atomic mass is 10.1. The van der Waals surface area contributed by atoms with Gasteiger partial charge in [-0.05, 0) is 67.3 Å². The van der Waals surface area contributed by atoms with Gasteiger partial charge in [-0.1, -0.05) is 45.0 Å². The van der Waals surface area contributed by atoms with Crippen molar-refractivity contribution in [3.63, 3.8) is 0 Å². The van der Waals surface area contributed by atoms with E-state index >= 15 is 0 Å². The zero-order chi connectivity index (χ0) is 20.0. The van der Waals surface area contributed by atoms with E-state index in [1.54, 1.807) is 0 Å². The smallest absolute Gasteiger partial charge is 0.127 e. The molecule has 0 fully saturated rings. The molecule has 0 amide bonds. The molecule has 0 aliphatic heterocycles. The first-order chi connectivity index (χ1) is 13.8. The average Bonchev–Trinajstić information content (AvgIpc) is 2.77. The Labute approximate surface area is 169 Å². The zero-order valence-corrected chi connectivity index (χ0v) is 17.3. The lowest BCUT2D eigenvalue weighted by Crippen LogP contribution is -2.04. The summed E-state index contributed by atoms with van der Waals surface area (Å²) in [5, 5.41) is 0. The van der Waals surface area contributed by atoms with Gasteiger partial charge >= 0.3 is 0 Å². The van der Waals surface area contributed by atoms with Crippen molar-refractivity contribution >= 4 is 0 Å². The summed E-state index contributed by atoms with van der Waals surface area (Å²) in [6.07, 6.45) is 10.3. The molecule has 2 aromatic carbocycles. The molecule has 0 spiro atoms. The minimum absolute atomic E-state index is 0.642. The summed E-state index contributed by atoms with van der Waals surface area (Å²) in [6.45, 7) is 7.44. The second-order valence-corrected chi connectivity index (χ2v) is 6.17. The van der Waals surface area contributed by atoms with Crippen LogP contribution in [-0.4, -0.2) is 13.2 Å². The molecule has 0 N–H and O–H groups in total. The quantitative estimate of drug-likeness (QED) is 0.435. The Morgan fingerprint density at radius 2 is 1.64 bits per heavy atom. The van der Waals surface area contributed by atoms with Gasteiger partial charge in [-0.25, -0.2) is 0 Å². The number of ether oxygens (including phenoxy) is 3. The Balaban J connectivity index is 0.00000136. The van der Waals surface area contributed by atoms with Gasteiger partial charge in [0.25, 0.3) is 0 Å². The van der Waals surface area contributed by atoms with E-state index in [4.69, 9.17) is 14.2 Å². The fourth-order valence-corrected chi connectivity index (χ4v) is 2.79. The third-order valence-corrected chi connectivity index (χ3v) is 4.17. The third-order valence-electron chi connectivity index (χ3n) is 4.17. The molecular formula is C25H32O3. The van der Waals surface area contributed by atoms with Crippen molar-refractivity contribution in [3.05, 3.63) is 78.1 Å².